The first-order valence-corrected chi connectivity index (χ1v) is 13.3. The second-order valence-electron chi connectivity index (χ2n) is 9.76. The normalized spacial score (nSPS) is 12.2. The topological polar surface area (TPSA) is 168 Å². The van der Waals surface area contributed by atoms with E-state index in [1.807, 2.05) is 72.8 Å². The van der Waals surface area contributed by atoms with Gasteiger partial charge in [0.15, 0.2) is 0 Å². The van der Waals surface area contributed by atoms with Crippen molar-refractivity contribution in [2.75, 3.05) is 5.32 Å². The van der Waals surface area contributed by atoms with Gasteiger partial charge < -0.3 is 31.3 Å². The smallest absolute Gasteiger partial charge is 0.326 e. The highest BCUT2D eigenvalue weighted by molar-refractivity contribution is 6.00. The second kappa shape index (κ2) is 13.9. The number of aryl methyl sites for hydroxylation is 1. The zero-order valence-electron chi connectivity index (χ0n) is 22.7. The van der Waals surface area contributed by atoms with Crippen LogP contribution in [0.4, 0.5) is 5.69 Å². The number of anilines is 1. The third kappa shape index (κ3) is 8.15. The minimum atomic E-state index is -1.31. The lowest BCUT2D eigenvalue weighted by Gasteiger charge is -2.18. The average Bonchev–Trinajstić information content (AvgIpc) is 2.98. The molecule has 4 rings (SSSR count). The summed E-state index contributed by atoms with van der Waals surface area (Å²) in [6.07, 6.45) is 0.0744. The van der Waals surface area contributed by atoms with Crippen molar-refractivity contribution in [2.24, 2.45) is 5.73 Å². The quantitative estimate of drug-likeness (QED) is 0.161. The Balaban J connectivity index is 1.54. The van der Waals surface area contributed by atoms with Crippen molar-refractivity contribution >= 4 is 40.2 Å². The highest BCUT2D eigenvalue weighted by Crippen LogP contribution is 2.28. The van der Waals surface area contributed by atoms with Crippen molar-refractivity contribution in [1.82, 2.24) is 5.32 Å². The third-order valence-corrected chi connectivity index (χ3v) is 6.61. The number of carbonyl (C=O) groups excluding carboxylic acids is 2. The van der Waals surface area contributed by atoms with Crippen LogP contribution in [0, 0.1) is 0 Å². The van der Waals surface area contributed by atoms with Crippen LogP contribution >= 0.6 is 0 Å². The number of ether oxygens (including phenoxy) is 1. The van der Waals surface area contributed by atoms with Crippen molar-refractivity contribution in [1.29, 1.82) is 0 Å². The molecular formula is C32H31N3O7. The summed E-state index contributed by atoms with van der Waals surface area (Å²) < 4.78 is 6.01. The second-order valence-corrected chi connectivity index (χ2v) is 9.76. The number of nitrogens with two attached hydrogens (primary N) is 1. The van der Waals surface area contributed by atoms with Crippen LogP contribution in [0.15, 0.2) is 91.0 Å². The van der Waals surface area contributed by atoms with Crippen molar-refractivity contribution in [3.63, 3.8) is 0 Å². The lowest BCUT2D eigenvalue weighted by atomic mass is 10.0. The van der Waals surface area contributed by atoms with Crippen LogP contribution in [0.1, 0.15) is 34.3 Å². The summed E-state index contributed by atoms with van der Waals surface area (Å²) in [6, 6.07) is 24.8. The number of aliphatic carboxylic acids is 2. The molecule has 0 saturated heterocycles. The highest BCUT2D eigenvalue weighted by Gasteiger charge is 2.23. The van der Waals surface area contributed by atoms with Crippen LogP contribution < -0.4 is 21.1 Å². The van der Waals surface area contributed by atoms with Gasteiger partial charge in [-0.25, -0.2) is 4.79 Å². The van der Waals surface area contributed by atoms with E-state index in [1.165, 1.54) is 18.2 Å². The monoisotopic (exact) mass is 569 g/mol. The minimum absolute atomic E-state index is 0.0920. The molecule has 216 valence electrons. The summed E-state index contributed by atoms with van der Waals surface area (Å²) in [7, 11) is 0. The Hall–Kier alpha value is -5.22. The number of nitrogens with one attached hydrogen (secondary N) is 2. The van der Waals surface area contributed by atoms with Crippen molar-refractivity contribution < 1.29 is 34.1 Å². The molecule has 42 heavy (non-hydrogen) atoms. The fraction of sp³-hybridized carbons (Fsp3) is 0.188. The largest absolute Gasteiger partial charge is 0.487 e. The molecule has 0 radical (unpaired) electrons. The van der Waals surface area contributed by atoms with E-state index in [-0.39, 0.29) is 30.0 Å². The number of hydrogen-bond donors (Lipinski definition) is 5. The molecule has 0 aliphatic heterocycles. The number of benzene rings is 4. The fourth-order valence-corrected chi connectivity index (χ4v) is 4.34. The number of carboxylic acids is 2. The maximum Gasteiger partial charge on any atom is 0.326 e. The maximum atomic E-state index is 13.1. The van der Waals surface area contributed by atoms with Crippen LogP contribution in [0.5, 0.6) is 5.75 Å². The Morgan fingerprint density at radius 2 is 1.52 bits per heavy atom. The summed E-state index contributed by atoms with van der Waals surface area (Å²) in [5.74, 6) is -3.63. The number of carboxylic acid groups (broad SMARTS) is 2. The van der Waals surface area contributed by atoms with E-state index in [2.05, 4.69) is 10.6 Å². The van der Waals surface area contributed by atoms with Gasteiger partial charge in [-0.1, -0.05) is 66.7 Å². The molecule has 10 heteroatoms. The summed E-state index contributed by atoms with van der Waals surface area (Å²) in [5.41, 5.74) is 7.78. The van der Waals surface area contributed by atoms with E-state index < -0.39 is 42.3 Å². The molecule has 0 saturated carbocycles. The molecule has 0 aliphatic carbocycles. The zero-order chi connectivity index (χ0) is 30.1. The van der Waals surface area contributed by atoms with E-state index in [1.54, 1.807) is 0 Å². The Bertz CT molecular complexity index is 1590. The summed E-state index contributed by atoms with van der Waals surface area (Å²) in [5, 5.41) is 25.9. The predicted molar refractivity (Wildman–Crippen MR) is 157 cm³/mol. The molecule has 0 aromatic heterocycles. The SMILES string of the molecule is N[C@@H](CC(=O)O)C(=O)Nc1ccc(C(=O)N[C@@H](CCc2ccccc2)C(=O)O)cc1OCc1ccc2ccccc2c1. The van der Waals surface area contributed by atoms with Crippen molar-refractivity contribution in [3.05, 3.63) is 108 Å². The molecule has 0 aliphatic rings. The zero-order valence-corrected chi connectivity index (χ0v) is 22.7. The molecule has 2 amide bonds. The van der Waals surface area contributed by atoms with Gasteiger partial charge in [-0.05, 0) is 59.0 Å². The van der Waals surface area contributed by atoms with Gasteiger partial charge in [-0.3, -0.25) is 14.4 Å². The Kier molecular flexibility index (Phi) is 9.85. The first-order chi connectivity index (χ1) is 20.2. The molecule has 0 heterocycles. The Morgan fingerprint density at radius 3 is 2.24 bits per heavy atom. The van der Waals surface area contributed by atoms with Gasteiger partial charge >= 0.3 is 11.9 Å². The maximum absolute atomic E-state index is 13.1. The van der Waals surface area contributed by atoms with Crippen molar-refractivity contribution in [3.8, 4) is 5.75 Å². The Morgan fingerprint density at radius 1 is 0.810 bits per heavy atom. The van der Waals surface area contributed by atoms with E-state index in [4.69, 9.17) is 15.6 Å². The van der Waals surface area contributed by atoms with E-state index in [9.17, 15) is 24.3 Å². The van der Waals surface area contributed by atoms with Gasteiger partial charge in [0.2, 0.25) is 5.91 Å². The first-order valence-electron chi connectivity index (χ1n) is 13.3. The van der Waals surface area contributed by atoms with Crippen LogP contribution in [0.25, 0.3) is 10.8 Å². The summed E-state index contributed by atoms with van der Waals surface area (Å²) in [4.78, 5) is 48.5. The molecule has 10 nitrogen and oxygen atoms in total. The number of fused-ring (bicyclic) bond motifs is 1. The van der Waals surface area contributed by atoms with E-state index >= 15 is 0 Å². The van der Waals surface area contributed by atoms with Gasteiger partial charge in [0.25, 0.3) is 5.91 Å². The molecule has 4 aromatic carbocycles. The van der Waals surface area contributed by atoms with Gasteiger partial charge in [0.1, 0.15) is 18.4 Å². The van der Waals surface area contributed by atoms with Gasteiger partial charge in [-0.2, -0.15) is 0 Å². The summed E-state index contributed by atoms with van der Waals surface area (Å²) >= 11 is 0. The number of rotatable bonds is 13. The number of hydrogen-bond acceptors (Lipinski definition) is 6. The van der Waals surface area contributed by atoms with Gasteiger partial charge in [0.05, 0.1) is 18.2 Å². The molecule has 6 N–H and O–H groups in total. The summed E-state index contributed by atoms with van der Waals surface area (Å²) in [6.45, 7) is 0.0920. The van der Waals surface area contributed by atoms with Gasteiger partial charge in [-0.15, -0.1) is 0 Å². The van der Waals surface area contributed by atoms with E-state index in [0.29, 0.717) is 6.42 Å². The third-order valence-electron chi connectivity index (χ3n) is 6.61. The van der Waals surface area contributed by atoms with Crippen LogP contribution in [-0.4, -0.2) is 46.0 Å². The Labute approximate surface area is 242 Å². The number of carbonyl (C=O) groups is 4. The average molecular weight is 570 g/mol. The van der Waals surface area contributed by atoms with Crippen molar-refractivity contribution in [2.45, 2.75) is 38.0 Å². The van der Waals surface area contributed by atoms with Crippen LogP contribution in [-0.2, 0) is 27.4 Å². The number of amides is 2. The molecule has 2 atom stereocenters. The molecule has 0 bridgehead atoms. The predicted octanol–water partition coefficient (Wildman–Crippen LogP) is 3.98. The lowest BCUT2D eigenvalue weighted by Crippen LogP contribution is -2.41. The first kappa shape index (κ1) is 29.8. The molecule has 0 unspecified atom stereocenters. The van der Waals surface area contributed by atoms with E-state index in [0.717, 1.165) is 21.9 Å². The lowest BCUT2D eigenvalue weighted by molar-refractivity contribution is -0.139. The van der Waals surface area contributed by atoms with Gasteiger partial charge in [0, 0.05) is 5.56 Å². The molecule has 0 fully saturated rings. The highest BCUT2D eigenvalue weighted by atomic mass is 16.5. The minimum Gasteiger partial charge on any atom is -0.487 e. The standard InChI is InChI=1S/C32H31N3O7/c33-25(18-29(36)37)31(39)34-26-15-13-24(30(38)35-27(32(40)41)14-11-20-6-2-1-3-7-20)17-28(26)42-19-21-10-12-22-8-4-5-9-23(22)16-21/h1-10,12-13,15-17,25,27H,11,14,18-19,33H2,(H,34,39)(H,35,38)(H,36,37)(H,40,41)/t25-,27-/m0/s1. The molecule has 0 spiro atoms. The van der Waals surface area contributed by atoms with Crippen LogP contribution in [0.2, 0.25) is 0 Å². The molecular weight excluding hydrogens is 538 g/mol. The van der Waals surface area contributed by atoms with Crippen LogP contribution in [0.3, 0.4) is 0 Å². The fourth-order valence-electron chi connectivity index (χ4n) is 4.34. The molecule has 4 aromatic rings.